The highest BCUT2D eigenvalue weighted by atomic mass is 19.1. The molecule has 0 saturated carbocycles. The number of carbonyl (C=O) groups excluding carboxylic acids is 3. The molecular weight excluding hydrogens is 363 g/mol. The van der Waals surface area contributed by atoms with E-state index < -0.39 is 17.1 Å². The first kappa shape index (κ1) is 20.2. The Kier molecular flexibility index (Phi) is 5.67. The molecule has 2 aliphatic rings. The Morgan fingerprint density at radius 1 is 1.29 bits per heavy atom. The van der Waals surface area contributed by atoms with Crippen LogP contribution in [0.4, 0.5) is 4.39 Å². The van der Waals surface area contributed by atoms with Crippen molar-refractivity contribution < 1.29 is 18.8 Å². The molecule has 2 saturated heterocycles. The molecular formula is C20H27FN4O3. The number of likely N-dealkylation sites (tertiary alicyclic amines) is 2. The highest BCUT2D eigenvalue weighted by Crippen LogP contribution is 2.44. The summed E-state index contributed by atoms with van der Waals surface area (Å²) in [6.45, 7) is 2.94. The minimum Gasteiger partial charge on any atom is -0.347 e. The van der Waals surface area contributed by atoms with E-state index in [1.165, 1.54) is 17.2 Å². The second kappa shape index (κ2) is 7.85. The highest BCUT2D eigenvalue weighted by Gasteiger charge is 2.52. The zero-order valence-electron chi connectivity index (χ0n) is 16.7. The summed E-state index contributed by atoms with van der Waals surface area (Å²) in [6, 6.07) is 1.00. The van der Waals surface area contributed by atoms with Gasteiger partial charge in [-0.2, -0.15) is 0 Å². The SMILES string of the molecule is C[C@@H]1N(C(=O)c2ccncc2F)CCC[C@@]12CCCN(CC(=O)N(C)C)C2=O. The van der Waals surface area contributed by atoms with Crippen LogP contribution in [0.2, 0.25) is 0 Å². The highest BCUT2D eigenvalue weighted by molar-refractivity contribution is 5.96. The Hall–Kier alpha value is -2.51. The molecule has 1 spiro atoms. The quantitative estimate of drug-likeness (QED) is 0.785. The van der Waals surface area contributed by atoms with Crippen LogP contribution < -0.4 is 0 Å². The third kappa shape index (κ3) is 3.47. The summed E-state index contributed by atoms with van der Waals surface area (Å²) in [6.07, 6.45) is 5.20. The molecule has 2 fully saturated rings. The van der Waals surface area contributed by atoms with E-state index in [9.17, 15) is 18.8 Å². The summed E-state index contributed by atoms with van der Waals surface area (Å²) >= 11 is 0. The van der Waals surface area contributed by atoms with Crippen LogP contribution in [0.5, 0.6) is 0 Å². The number of likely N-dealkylation sites (N-methyl/N-ethyl adjacent to an activating group) is 1. The average Bonchev–Trinajstić information content (AvgIpc) is 2.67. The van der Waals surface area contributed by atoms with Gasteiger partial charge >= 0.3 is 0 Å². The number of hydrogen-bond donors (Lipinski definition) is 0. The summed E-state index contributed by atoms with van der Waals surface area (Å²) < 4.78 is 14.1. The molecule has 3 amide bonds. The van der Waals surface area contributed by atoms with Crippen molar-refractivity contribution in [3.63, 3.8) is 0 Å². The summed E-state index contributed by atoms with van der Waals surface area (Å²) in [5.41, 5.74) is -0.746. The summed E-state index contributed by atoms with van der Waals surface area (Å²) in [5.74, 6) is -1.27. The molecule has 0 aliphatic carbocycles. The Bertz CT molecular complexity index is 780. The van der Waals surface area contributed by atoms with E-state index >= 15 is 0 Å². The van der Waals surface area contributed by atoms with E-state index in [-0.39, 0.29) is 30.0 Å². The van der Waals surface area contributed by atoms with Crippen LogP contribution in [0.3, 0.4) is 0 Å². The van der Waals surface area contributed by atoms with Crippen LogP contribution in [0, 0.1) is 11.2 Å². The second-order valence-electron chi connectivity index (χ2n) is 7.91. The maximum Gasteiger partial charge on any atom is 0.257 e. The van der Waals surface area contributed by atoms with Gasteiger partial charge in [-0.25, -0.2) is 4.39 Å². The Balaban J connectivity index is 1.85. The molecule has 2 atom stereocenters. The first-order valence-corrected chi connectivity index (χ1v) is 9.68. The van der Waals surface area contributed by atoms with Gasteiger partial charge < -0.3 is 14.7 Å². The van der Waals surface area contributed by atoms with Crippen molar-refractivity contribution in [2.24, 2.45) is 5.41 Å². The van der Waals surface area contributed by atoms with Gasteiger partial charge in [-0.15, -0.1) is 0 Å². The van der Waals surface area contributed by atoms with Gasteiger partial charge in [-0.1, -0.05) is 0 Å². The molecule has 0 radical (unpaired) electrons. The number of piperidine rings is 2. The Labute approximate surface area is 164 Å². The summed E-state index contributed by atoms with van der Waals surface area (Å²) in [5, 5.41) is 0. The van der Waals surface area contributed by atoms with Crippen molar-refractivity contribution in [2.45, 2.75) is 38.6 Å². The van der Waals surface area contributed by atoms with E-state index in [2.05, 4.69) is 4.98 Å². The number of halogens is 1. The smallest absolute Gasteiger partial charge is 0.257 e. The predicted octanol–water partition coefficient (Wildman–Crippen LogP) is 1.54. The van der Waals surface area contributed by atoms with Crippen molar-refractivity contribution in [3.05, 3.63) is 29.8 Å². The van der Waals surface area contributed by atoms with E-state index in [4.69, 9.17) is 0 Å². The third-order valence-corrected chi connectivity index (χ3v) is 6.14. The zero-order valence-corrected chi connectivity index (χ0v) is 16.7. The minimum atomic E-state index is -0.720. The van der Waals surface area contributed by atoms with Crippen LogP contribution in [-0.2, 0) is 9.59 Å². The van der Waals surface area contributed by atoms with Gasteiger partial charge in [0.25, 0.3) is 5.91 Å². The second-order valence-corrected chi connectivity index (χ2v) is 7.91. The van der Waals surface area contributed by atoms with Gasteiger partial charge in [0, 0.05) is 39.4 Å². The fraction of sp³-hybridized carbons (Fsp3) is 0.600. The van der Waals surface area contributed by atoms with Crippen LogP contribution >= 0.6 is 0 Å². The van der Waals surface area contributed by atoms with Gasteiger partial charge in [0.15, 0.2) is 5.82 Å². The van der Waals surface area contributed by atoms with Crippen molar-refractivity contribution >= 4 is 17.7 Å². The van der Waals surface area contributed by atoms with Crippen LogP contribution in [-0.4, -0.2) is 77.2 Å². The lowest BCUT2D eigenvalue weighted by atomic mass is 9.67. The normalized spacial score (nSPS) is 25.1. The van der Waals surface area contributed by atoms with E-state index in [0.29, 0.717) is 32.4 Å². The number of aromatic nitrogens is 1. The number of hydrogen-bond acceptors (Lipinski definition) is 4. The first-order chi connectivity index (χ1) is 13.3. The van der Waals surface area contributed by atoms with Crippen LogP contribution in [0.15, 0.2) is 18.5 Å². The average molecular weight is 390 g/mol. The van der Waals surface area contributed by atoms with Gasteiger partial charge in [0.05, 0.1) is 23.7 Å². The lowest BCUT2D eigenvalue weighted by Crippen LogP contribution is -2.62. The third-order valence-electron chi connectivity index (χ3n) is 6.14. The van der Waals surface area contributed by atoms with E-state index in [1.54, 1.807) is 23.9 Å². The van der Waals surface area contributed by atoms with Crippen molar-refractivity contribution in [1.29, 1.82) is 0 Å². The van der Waals surface area contributed by atoms with Crippen molar-refractivity contribution in [1.82, 2.24) is 19.7 Å². The summed E-state index contributed by atoms with van der Waals surface area (Å²) in [4.78, 5) is 46.9. The fourth-order valence-electron chi connectivity index (χ4n) is 4.43. The van der Waals surface area contributed by atoms with Crippen molar-refractivity contribution in [2.75, 3.05) is 33.7 Å². The standard InChI is InChI=1S/C20H27FN4O3/c1-14-20(7-4-10-24(19(20)28)13-17(26)23(2)3)8-5-11-25(14)18(27)15-6-9-22-12-16(15)21/h6,9,12,14H,4-5,7-8,10-11,13H2,1-3H3/t14-,20-/m0/s1. The van der Waals surface area contributed by atoms with E-state index in [1.807, 2.05) is 6.92 Å². The molecule has 0 aromatic carbocycles. The van der Waals surface area contributed by atoms with Crippen LogP contribution in [0.25, 0.3) is 0 Å². The molecule has 1 aromatic heterocycles. The molecule has 7 nitrogen and oxygen atoms in total. The number of carbonyl (C=O) groups is 3. The zero-order chi connectivity index (χ0) is 20.5. The van der Waals surface area contributed by atoms with Gasteiger partial charge in [0.1, 0.15) is 0 Å². The molecule has 0 bridgehead atoms. The van der Waals surface area contributed by atoms with Gasteiger partial charge in [-0.3, -0.25) is 19.4 Å². The Morgan fingerprint density at radius 2 is 1.96 bits per heavy atom. The lowest BCUT2D eigenvalue weighted by Gasteiger charge is -2.51. The minimum absolute atomic E-state index is 0.0261. The molecule has 0 N–H and O–H groups in total. The predicted molar refractivity (Wildman–Crippen MR) is 101 cm³/mol. The number of amides is 3. The lowest BCUT2D eigenvalue weighted by molar-refractivity contribution is -0.156. The van der Waals surface area contributed by atoms with Gasteiger partial charge in [0.2, 0.25) is 11.8 Å². The van der Waals surface area contributed by atoms with Crippen LogP contribution in [0.1, 0.15) is 43.0 Å². The molecule has 2 aliphatic heterocycles. The molecule has 3 rings (SSSR count). The van der Waals surface area contributed by atoms with Gasteiger partial charge in [-0.05, 0) is 38.7 Å². The molecule has 8 heteroatoms. The molecule has 1 aromatic rings. The Morgan fingerprint density at radius 3 is 2.61 bits per heavy atom. The maximum absolute atomic E-state index is 14.1. The monoisotopic (exact) mass is 390 g/mol. The summed E-state index contributed by atoms with van der Waals surface area (Å²) in [7, 11) is 3.33. The number of rotatable bonds is 3. The molecule has 3 heterocycles. The molecule has 0 unspecified atom stereocenters. The number of pyridine rings is 1. The molecule has 152 valence electrons. The largest absolute Gasteiger partial charge is 0.347 e. The van der Waals surface area contributed by atoms with Crippen molar-refractivity contribution in [3.8, 4) is 0 Å². The fourth-order valence-corrected chi connectivity index (χ4v) is 4.43. The maximum atomic E-state index is 14.1. The molecule has 28 heavy (non-hydrogen) atoms. The topological polar surface area (TPSA) is 73.8 Å². The number of nitrogens with zero attached hydrogens (tertiary/aromatic N) is 4. The van der Waals surface area contributed by atoms with E-state index in [0.717, 1.165) is 12.6 Å². The first-order valence-electron chi connectivity index (χ1n) is 9.68.